The van der Waals surface area contributed by atoms with Crippen LogP contribution in [0.5, 0.6) is 0 Å². The third-order valence-corrected chi connectivity index (χ3v) is 1.50. The third kappa shape index (κ3) is 4.79. The fourth-order valence-electron chi connectivity index (χ4n) is 0.983. The molecular weight excluding hydrogens is 195 g/mol. The lowest BCUT2D eigenvalue weighted by Crippen LogP contribution is -2.24. The maximum absolute atomic E-state index is 11.6. The van der Waals surface area contributed by atoms with Crippen LogP contribution in [0.25, 0.3) is 0 Å². The molecule has 1 saturated heterocycles. The monoisotopic (exact) mass is 205 g/mol. The Labute approximate surface area is 74.9 Å². The van der Waals surface area contributed by atoms with Crippen molar-refractivity contribution in [3.8, 4) is 0 Å². The predicted octanol–water partition coefficient (Wildman–Crippen LogP) is 1.35. The van der Waals surface area contributed by atoms with Crippen molar-refractivity contribution in [2.24, 2.45) is 0 Å². The first-order valence-corrected chi connectivity index (χ1v) is 3.47. The summed E-state index contributed by atoms with van der Waals surface area (Å²) in [6.45, 7) is 0.165. The molecule has 0 spiro atoms. The zero-order valence-corrected chi connectivity index (χ0v) is 7.17. The van der Waals surface area contributed by atoms with Gasteiger partial charge in [0.15, 0.2) is 0 Å². The van der Waals surface area contributed by atoms with E-state index in [0.717, 1.165) is 6.54 Å². The van der Waals surface area contributed by atoms with Crippen molar-refractivity contribution in [1.82, 2.24) is 5.32 Å². The second kappa shape index (κ2) is 4.89. The van der Waals surface area contributed by atoms with Crippen LogP contribution in [-0.4, -0.2) is 32.0 Å². The minimum atomic E-state index is -4.19. The SMILES string of the molecule is Cl.FC(F)(F)CO[C@H]1CCNC1. The number of nitrogens with one attached hydrogen (secondary N) is 1. The van der Waals surface area contributed by atoms with Crippen molar-refractivity contribution < 1.29 is 17.9 Å². The topological polar surface area (TPSA) is 21.3 Å². The summed E-state index contributed by atoms with van der Waals surface area (Å²) in [6.07, 6.45) is -3.77. The van der Waals surface area contributed by atoms with Gasteiger partial charge in [-0.05, 0) is 13.0 Å². The van der Waals surface area contributed by atoms with Crippen LogP contribution in [0.15, 0.2) is 0 Å². The van der Waals surface area contributed by atoms with Crippen LogP contribution in [-0.2, 0) is 4.74 Å². The van der Waals surface area contributed by atoms with Crippen molar-refractivity contribution in [3.63, 3.8) is 0 Å². The average Bonchev–Trinajstić information content (AvgIpc) is 2.32. The number of hydrogen-bond acceptors (Lipinski definition) is 2. The van der Waals surface area contributed by atoms with Gasteiger partial charge in [-0.2, -0.15) is 13.2 Å². The van der Waals surface area contributed by atoms with Crippen LogP contribution in [0.4, 0.5) is 13.2 Å². The smallest absolute Gasteiger partial charge is 0.367 e. The zero-order valence-electron chi connectivity index (χ0n) is 6.36. The second-order valence-electron chi connectivity index (χ2n) is 2.54. The van der Waals surface area contributed by atoms with Crippen LogP contribution in [0, 0.1) is 0 Å². The summed E-state index contributed by atoms with van der Waals surface area (Å²) in [7, 11) is 0. The van der Waals surface area contributed by atoms with Crippen LogP contribution < -0.4 is 5.32 Å². The highest BCUT2D eigenvalue weighted by Crippen LogP contribution is 2.16. The summed E-state index contributed by atoms with van der Waals surface area (Å²) in [5.74, 6) is 0. The Kier molecular flexibility index (Phi) is 4.89. The first-order valence-electron chi connectivity index (χ1n) is 3.47. The second-order valence-corrected chi connectivity index (χ2v) is 2.54. The van der Waals surface area contributed by atoms with Gasteiger partial charge in [-0.25, -0.2) is 0 Å². The Morgan fingerprint density at radius 2 is 2.08 bits per heavy atom. The van der Waals surface area contributed by atoms with Gasteiger partial charge in [0, 0.05) is 6.54 Å². The Bertz CT molecular complexity index is 124. The van der Waals surface area contributed by atoms with E-state index >= 15 is 0 Å². The molecule has 0 bridgehead atoms. The molecule has 0 aromatic carbocycles. The summed E-state index contributed by atoms with van der Waals surface area (Å²) < 4.78 is 39.3. The van der Waals surface area contributed by atoms with E-state index in [4.69, 9.17) is 0 Å². The highest BCUT2D eigenvalue weighted by Gasteiger charge is 2.29. The number of rotatable bonds is 2. The molecule has 0 unspecified atom stereocenters. The first-order chi connectivity index (χ1) is 5.08. The summed E-state index contributed by atoms with van der Waals surface area (Å²) in [5.41, 5.74) is 0. The molecule has 0 aromatic rings. The molecule has 1 rings (SSSR count). The molecule has 0 aliphatic carbocycles. The average molecular weight is 206 g/mol. The first kappa shape index (κ1) is 12.0. The van der Waals surface area contributed by atoms with Gasteiger partial charge >= 0.3 is 6.18 Å². The Hall–Kier alpha value is -0.0000000000000000416. The highest BCUT2D eigenvalue weighted by atomic mass is 35.5. The number of hydrogen-bond donors (Lipinski definition) is 1. The standard InChI is InChI=1S/C6H10F3NO.ClH/c7-6(8,9)4-11-5-1-2-10-3-5;/h5,10H,1-4H2;1H/t5-;/m0./s1. The van der Waals surface area contributed by atoms with Gasteiger partial charge in [0.25, 0.3) is 0 Å². The summed E-state index contributed by atoms with van der Waals surface area (Å²) in [6, 6.07) is 0. The summed E-state index contributed by atoms with van der Waals surface area (Å²) in [4.78, 5) is 0. The minimum absolute atomic E-state index is 0. The lowest BCUT2D eigenvalue weighted by molar-refractivity contribution is -0.183. The van der Waals surface area contributed by atoms with E-state index in [9.17, 15) is 13.2 Å². The molecule has 0 radical (unpaired) electrons. The Balaban J connectivity index is 0.00000121. The van der Waals surface area contributed by atoms with Gasteiger partial charge in [-0.15, -0.1) is 12.4 Å². The normalized spacial score (nSPS) is 23.8. The largest absolute Gasteiger partial charge is 0.411 e. The van der Waals surface area contributed by atoms with Crippen LogP contribution >= 0.6 is 12.4 Å². The predicted molar refractivity (Wildman–Crippen MR) is 40.5 cm³/mol. The lowest BCUT2D eigenvalue weighted by Gasteiger charge is -2.11. The van der Waals surface area contributed by atoms with Gasteiger partial charge in [-0.3, -0.25) is 0 Å². The molecule has 0 saturated carbocycles. The molecule has 74 valence electrons. The van der Waals surface area contributed by atoms with E-state index < -0.39 is 12.8 Å². The van der Waals surface area contributed by atoms with Crippen LogP contribution in [0.1, 0.15) is 6.42 Å². The van der Waals surface area contributed by atoms with Crippen molar-refractivity contribution >= 4 is 12.4 Å². The Morgan fingerprint density at radius 1 is 1.42 bits per heavy atom. The van der Waals surface area contributed by atoms with E-state index in [-0.39, 0.29) is 18.5 Å². The molecule has 1 aliphatic heterocycles. The van der Waals surface area contributed by atoms with Gasteiger partial charge in [0.2, 0.25) is 0 Å². The zero-order chi connectivity index (χ0) is 8.32. The molecule has 12 heavy (non-hydrogen) atoms. The fourth-order valence-corrected chi connectivity index (χ4v) is 0.983. The molecule has 6 heteroatoms. The summed E-state index contributed by atoms with van der Waals surface area (Å²) >= 11 is 0. The van der Waals surface area contributed by atoms with Crippen molar-refractivity contribution in [2.75, 3.05) is 19.7 Å². The molecule has 1 aliphatic rings. The Morgan fingerprint density at radius 3 is 2.50 bits per heavy atom. The summed E-state index contributed by atoms with van der Waals surface area (Å²) in [5, 5.41) is 2.92. The van der Waals surface area contributed by atoms with Gasteiger partial charge in [0.1, 0.15) is 6.61 Å². The molecule has 0 aromatic heterocycles. The van der Waals surface area contributed by atoms with Gasteiger partial charge in [0.05, 0.1) is 6.10 Å². The molecular formula is C6H11ClF3NO. The molecule has 1 N–H and O–H groups in total. The van der Waals surface area contributed by atoms with E-state index in [1.54, 1.807) is 0 Å². The van der Waals surface area contributed by atoms with Gasteiger partial charge in [-0.1, -0.05) is 0 Å². The quantitative estimate of drug-likeness (QED) is 0.735. The highest BCUT2D eigenvalue weighted by molar-refractivity contribution is 5.85. The molecule has 1 fully saturated rings. The van der Waals surface area contributed by atoms with E-state index in [2.05, 4.69) is 10.1 Å². The van der Waals surface area contributed by atoms with Crippen molar-refractivity contribution in [3.05, 3.63) is 0 Å². The molecule has 1 atom stereocenters. The number of halogens is 4. The van der Waals surface area contributed by atoms with Crippen molar-refractivity contribution in [1.29, 1.82) is 0 Å². The lowest BCUT2D eigenvalue weighted by atomic mass is 10.3. The number of alkyl halides is 3. The minimum Gasteiger partial charge on any atom is -0.367 e. The molecule has 0 amide bonds. The van der Waals surface area contributed by atoms with Gasteiger partial charge < -0.3 is 10.1 Å². The van der Waals surface area contributed by atoms with Crippen molar-refractivity contribution in [2.45, 2.75) is 18.7 Å². The van der Waals surface area contributed by atoms with E-state index in [1.807, 2.05) is 0 Å². The molecule has 1 heterocycles. The van der Waals surface area contributed by atoms with Crippen LogP contribution in [0.2, 0.25) is 0 Å². The van der Waals surface area contributed by atoms with Crippen LogP contribution in [0.3, 0.4) is 0 Å². The van der Waals surface area contributed by atoms with E-state index in [0.29, 0.717) is 13.0 Å². The third-order valence-electron chi connectivity index (χ3n) is 1.50. The van der Waals surface area contributed by atoms with E-state index in [1.165, 1.54) is 0 Å². The maximum atomic E-state index is 11.6. The molecule has 2 nitrogen and oxygen atoms in total. The maximum Gasteiger partial charge on any atom is 0.411 e. The number of ether oxygens (including phenoxy) is 1. The fraction of sp³-hybridized carbons (Fsp3) is 1.00.